The van der Waals surface area contributed by atoms with Crippen LogP contribution in [0.25, 0.3) is 5.69 Å². The first-order valence-electron chi connectivity index (χ1n) is 10.4. The Bertz CT molecular complexity index is 847. The number of hydrogen-bond donors (Lipinski definition) is 0. The van der Waals surface area contributed by atoms with Crippen LogP contribution < -0.4 is 0 Å². The Kier molecular flexibility index (Phi) is 6.69. The van der Waals surface area contributed by atoms with Crippen molar-refractivity contribution in [2.45, 2.75) is 27.7 Å². The van der Waals surface area contributed by atoms with Crippen molar-refractivity contribution in [2.75, 3.05) is 45.8 Å². The SMILES string of the molecule is CCN(CC)C(=O)CN1CCN(C(=O)c2ccc(-n3nc(C)cc3C)cc2)CC1. The molecule has 0 unspecified atom stereocenters. The van der Waals surface area contributed by atoms with Crippen molar-refractivity contribution in [2.24, 2.45) is 0 Å². The van der Waals surface area contributed by atoms with E-state index in [1.165, 1.54) is 0 Å². The van der Waals surface area contributed by atoms with Crippen LogP contribution in [0, 0.1) is 13.8 Å². The third kappa shape index (κ3) is 4.85. The molecule has 7 nitrogen and oxygen atoms in total. The molecule has 3 rings (SSSR count). The number of carbonyl (C=O) groups excluding carboxylic acids is 2. The van der Waals surface area contributed by atoms with Crippen LogP contribution in [0.3, 0.4) is 0 Å². The summed E-state index contributed by atoms with van der Waals surface area (Å²) in [5, 5.41) is 4.49. The fourth-order valence-corrected chi connectivity index (χ4v) is 3.79. The molecular weight excluding hydrogens is 366 g/mol. The number of amides is 2. The minimum atomic E-state index is 0.0413. The lowest BCUT2D eigenvalue weighted by Crippen LogP contribution is -2.51. The maximum Gasteiger partial charge on any atom is 0.253 e. The number of aromatic nitrogens is 2. The molecule has 2 amide bonds. The lowest BCUT2D eigenvalue weighted by atomic mass is 10.1. The molecular formula is C22H31N5O2. The van der Waals surface area contributed by atoms with Crippen LogP contribution in [-0.4, -0.2) is 82.1 Å². The van der Waals surface area contributed by atoms with Crippen LogP contribution in [0.2, 0.25) is 0 Å². The topological polar surface area (TPSA) is 61.7 Å². The van der Waals surface area contributed by atoms with Gasteiger partial charge in [-0.15, -0.1) is 0 Å². The Morgan fingerprint density at radius 2 is 1.62 bits per heavy atom. The van der Waals surface area contributed by atoms with E-state index in [4.69, 9.17) is 0 Å². The summed E-state index contributed by atoms with van der Waals surface area (Å²) in [5.74, 6) is 0.203. The summed E-state index contributed by atoms with van der Waals surface area (Å²) in [6.45, 7) is 12.6. The highest BCUT2D eigenvalue weighted by Gasteiger charge is 2.24. The van der Waals surface area contributed by atoms with Crippen LogP contribution in [0.15, 0.2) is 30.3 Å². The summed E-state index contributed by atoms with van der Waals surface area (Å²) in [6, 6.07) is 9.63. The van der Waals surface area contributed by atoms with E-state index in [2.05, 4.69) is 10.00 Å². The zero-order chi connectivity index (χ0) is 21.0. The number of nitrogens with zero attached hydrogens (tertiary/aromatic N) is 5. The highest BCUT2D eigenvalue weighted by Crippen LogP contribution is 2.15. The minimum Gasteiger partial charge on any atom is -0.342 e. The molecule has 1 aromatic carbocycles. The van der Waals surface area contributed by atoms with Crippen molar-refractivity contribution >= 4 is 11.8 Å². The normalized spacial score (nSPS) is 14.8. The average Bonchev–Trinajstić information content (AvgIpc) is 3.07. The summed E-state index contributed by atoms with van der Waals surface area (Å²) in [4.78, 5) is 31.0. The van der Waals surface area contributed by atoms with Gasteiger partial charge in [0.1, 0.15) is 0 Å². The van der Waals surface area contributed by atoms with Crippen molar-refractivity contribution in [3.05, 3.63) is 47.3 Å². The van der Waals surface area contributed by atoms with E-state index in [0.29, 0.717) is 25.2 Å². The first kappa shape index (κ1) is 21.0. The van der Waals surface area contributed by atoms with E-state index in [9.17, 15) is 9.59 Å². The molecule has 0 aliphatic carbocycles. The Balaban J connectivity index is 1.57. The van der Waals surface area contributed by atoms with Gasteiger partial charge in [0, 0.05) is 50.5 Å². The van der Waals surface area contributed by atoms with Gasteiger partial charge in [0.15, 0.2) is 0 Å². The molecule has 2 heterocycles. The Labute approximate surface area is 172 Å². The molecule has 1 aliphatic heterocycles. The van der Waals surface area contributed by atoms with Gasteiger partial charge < -0.3 is 9.80 Å². The lowest BCUT2D eigenvalue weighted by molar-refractivity contribution is -0.132. The molecule has 0 atom stereocenters. The first-order valence-corrected chi connectivity index (χ1v) is 10.4. The molecule has 0 N–H and O–H groups in total. The summed E-state index contributed by atoms with van der Waals surface area (Å²) in [7, 11) is 0. The summed E-state index contributed by atoms with van der Waals surface area (Å²) in [5.41, 5.74) is 3.67. The maximum absolute atomic E-state index is 12.9. The fraction of sp³-hybridized carbons (Fsp3) is 0.500. The van der Waals surface area contributed by atoms with E-state index < -0.39 is 0 Å². The molecule has 2 aromatic rings. The summed E-state index contributed by atoms with van der Waals surface area (Å²) >= 11 is 0. The first-order chi connectivity index (χ1) is 13.9. The number of likely N-dealkylation sites (N-methyl/N-ethyl adjacent to an activating group) is 1. The molecule has 1 aromatic heterocycles. The van der Waals surface area contributed by atoms with Crippen LogP contribution in [0.4, 0.5) is 0 Å². The molecule has 1 fully saturated rings. The van der Waals surface area contributed by atoms with Crippen molar-refractivity contribution in [3.8, 4) is 5.69 Å². The second kappa shape index (κ2) is 9.22. The molecule has 156 valence electrons. The molecule has 1 aliphatic rings. The van der Waals surface area contributed by atoms with Crippen LogP contribution >= 0.6 is 0 Å². The van der Waals surface area contributed by atoms with E-state index in [0.717, 1.165) is 43.3 Å². The minimum absolute atomic E-state index is 0.0413. The number of carbonyl (C=O) groups is 2. The smallest absolute Gasteiger partial charge is 0.253 e. The highest BCUT2D eigenvalue weighted by molar-refractivity contribution is 5.94. The largest absolute Gasteiger partial charge is 0.342 e. The predicted octanol–water partition coefficient (Wildman–Crippen LogP) is 2.12. The van der Waals surface area contributed by atoms with Gasteiger partial charge >= 0.3 is 0 Å². The lowest BCUT2D eigenvalue weighted by Gasteiger charge is -2.35. The molecule has 0 spiro atoms. The number of rotatable bonds is 6. The Morgan fingerprint density at radius 3 is 2.14 bits per heavy atom. The summed E-state index contributed by atoms with van der Waals surface area (Å²) in [6.07, 6.45) is 0. The predicted molar refractivity (Wildman–Crippen MR) is 113 cm³/mol. The van der Waals surface area contributed by atoms with Crippen molar-refractivity contribution < 1.29 is 9.59 Å². The van der Waals surface area contributed by atoms with Crippen molar-refractivity contribution in [1.82, 2.24) is 24.5 Å². The van der Waals surface area contributed by atoms with Gasteiger partial charge in [-0.1, -0.05) is 0 Å². The quantitative estimate of drug-likeness (QED) is 0.749. The number of benzene rings is 1. The average molecular weight is 398 g/mol. The van der Waals surface area contributed by atoms with Gasteiger partial charge in [0.05, 0.1) is 17.9 Å². The molecule has 0 radical (unpaired) electrons. The van der Waals surface area contributed by atoms with E-state index >= 15 is 0 Å². The van der Waals surface area contributed by atoms with Gasteiger partial charge in [-0.3, -0.25) is 14.5 Å². The third-order valence-corrected chi connectivity index (χ3v) is 5.50. The van der Waals surface area contributed by atoms with Gasteiger partial charge in [-0.05, 0) is 58.0 Å². The number of piperazine rings is 1. The van der Waals surface area contributed by atoms with E-state index in [1.54, 1.807) is 0 Å². The van der Waals surface area contributed by atoms with Crippen molar-refractivity contribution in [3.63, 3.8) is 0 Å². The van der Waals surface area contributed by atoms with Gasteiger partial charge in [0.2, 0.25) is 5.91 Å². The second-order valence-corrected chi connectivity index (χ2v) is 7.52. The third-order valence-electron chi connectivity index (χ3n) is 5.50. The zero-order valence-corrected chi connectivity index (χ0v) is 17.9. The molecule has 1 saturated heterocycles. The van der Waals surface area contributed by atoms with Gasteiger partial charge in [0.25, 0.3) is 5.91 Å². The fourth-order valence-electron chi connectivity index (χ4n) is 3.79. The Morgan fingerprint density at radius 1 is 1.00 bits per heavy atom. The van der Waals surface area contributed by atoms with Crippen LogP contribution in [0.1, 0.15) is 35.6 Å². The van der Waals surface area contributed by atoms with Crippen LogP contribution in [-0.2, 0) is 4.79 Å². The van der Waals surface area contributed by atoms with Gasteiger partial charge in [-0.2, -0.15) is 5.10 Å². The number of aryl methyl sites for hydroxylation is 2. The van der Waals surface area contributed by atoms with E-state index in [1.807, 2.05) is 72.5 Å². The molecule has 29 heavy (non-hydrogen) atoms. The molecule has 0 bridgehead atoms. The molecule has 0 saturated carbocycles. The monoisotopic (exact) mass is 397 g/mol. The van der Waals surface area contributed by atoms with Gasteiger partial charge in [-0.25, -0.2) is 4.68 Å². The second-order valence-electron chi connectivity index (χ2n) is 7.52. The maximum atomic E-state index is 12.9. The standard InChI is InChI=1S/C22H31N5O2/c1-5-25(6-2)21(28)16-24-11-13-26(14-12-24)22(29)19-7-9-20(10-8-19)27-18(4)15-17(3)23-27/h7-10,15H,5-6,11-14,16H2,1-4H3. The molecule has 7 heteroatoms. The zero-order valence-electron chi connectivity index (χ0n) is 17.9. The van der Waals surface area contributed by atoms with E-state index in [-0.39, 0.29) is 11.8 Å². The highest BCUT2D eigenvalue weighted by atomic mass is 16.2. The Hall–Kier alpha value is -2.67. The number of hydrogen-bond acceptors (Lipinski definition) is 4. The van der Waals surface area contributed by atoms with Crippen LogP contribution in [0.5, 0.6) is 0 Å². The van der Waals surface area contributed by atoms with Crippen molar-refractivity contribution in [1.29, 1.82) is 0 Å². The summed E-state index contributed by atoms with van der Waals surface area (Å²) < 4.78 is 1.88.